The van der Waals surface area contributed by atoms with E-state index >= 15 is 0 Å². The Balaban J connectivity index is 1.11. The van der Waals surface area contributed by atoms with Gasteiger partial charge in [0.2, 0.25) is 0 Å². The van der Waals surface area contributed by atoms with Crippen molar-refractivity contribution in [2.45, 2.75) is 13.0 Å². The number of rotatable bonds is 5. The number of anilines is 3. The van der Waals surface area contributed by atoms with E-state index < -0.39 is 0 Å². The van der Waals surface area contributed by atoms with Crippen LogP contribution >= 0.6 is 0 Å². The highest BCUT2D eigenvalue weighted by Crippen LogP contribution is 2.37. The van der Waals surface area contributed by atoms with Crippen LogP contribution in [0, 0.1) is 12.4 Å². The standard InChI is InChI=1S/C30H26FN5O/c1-33-23-7-9-28(26(31)17-23)36-12-10-35(11-13-36)18-20-4-2-19(3-5-20)14-21-6-8-27-29-24(21)15-22(32)16-25(29)30(37)34-27/h2-9,15-17H,10-14,18,32H2,(H,34,37). The number of nitrogens with zero attached hydrogens (tertiary/aromatic N) is 3. The van der Waals surface area contributed by atoms with Gasteiger partial charge >= 0.3 is 0 Å². The predicted molar refractivity (Wildman–Crippen MR) is 146 cm³/mol. The molecule has 6 rings (SSSR count). The molecular formula is C30H26FN5O. The predicted octanol–water partition coefficient (Wildman–Crippen LogP) is 5.59. The van der Waals surface area contributed by atoms with Crippen molar-refractivity contribution in [3.63, 3.8) is 0 Å². The lowest BCUT2D eigenvalue weighted by molar-refractivity contribution is 0.103. The van der Waals surface area contributed by atoms with Gasteiger partial charge in [-0.3, -0.25) is 9.69 Å². The molecule has 37 heavy (non-hydrogen) atoms. The van der Waals surface area contributed by atoms with Gasteiger partial charge in [-0.2, -0.15) is 0 Å². The van der Waals surface area contributed by atoms with Gasteiger partial charge in [-0.1, -0.05) is 36.4 Å². The van der Waals surface area contributed by atoms with E-state index in [-0.39, 0.29) is 11.7 Å². The molecule has 0 atom stereocenters. The van der Waals surface area contributed by atoms with E-state index in [0.29, 0.717) is 22.6 Å². The summed E-state index contributed by atoms with van der Waals surface area (Å²) in [4.78, 5) is 20.0. The second-order valence-corrected chi connectivity index (χ2v) is 9.72. The van der Waals surface area contributed by atoms with Crippen LogP contribution in [0.25, 0.3) is 15.6 Å². The van der Waals surface area contributed by atoms with Crippen molar-refractivity contribution in [3.05, 3.63) is 106 Å². The Labute approximate surface area is 214 Å². The summed E-state index contributed by atoms with van der Waals surface area (Å²) in [7, 11) is 0. The zero-order chi connectivity index (χ0) is 25.5. The summed E-state index contributed by atoms with van der Waals surface area (Å²) in [5.74, 6) is -0.430. The molecule has 0 unspecified atom stereocenters. The van der Waals surface area contributed by atoms with Crippen LogP contribution in [0.2, 0.25) is 0 Å². The number of amides is 1. The van der Waals surface area contributed by atoms with E-state index in [2.05, 4.69) is 50.3 Å². The van der Waals surface area contributed by atoms with Crippen molar-refractivity contribution in [2.24, 2.45) is 0 Å². The maximum Gasteiger partial charge on any atom is 0.256 e. The minimum absolute atomic E-state index is 0.0993. The van der Waals surface area contributed by atoms with Gasteiger partial charge in [0.25, 0.3) is 5.91 Å². The van der Waals surface area contributed by atoms with Crippen molar-refractivity contribution in [1.82, 2.24) is 4.90 Å². The van der Waals surface area contributed by atoms with Crippen LogP contribution in [0.3, 0.4) is 0 Å². The largest absolute Gasteiger partial charge is 0.399 e. The first-order valence-corrected chi connectivity index (χ1v) is 12.4. The Morgan fingerprint density at radius 1 is 0.946 bits per heavy atom. The van der Waals surface area contributed by atoms with Gasteiger partial charge in [0.05, 0.1) is 17.8 Å². The Hall–Kier alpha value is -4.41. The fraction of sp³-hybridized carbons (Fsp3) is 0.200. The molecule has 3 N–H and O–H groups in total. The van der Waals surface area contributed by atoms with Crippen LogP contribution in [-0.2, 0) is 13.0 Å². The van der Waals surface area contributed by atoms with Crippen LogP contribution in [-0.4, -0.2) is 37.0 Å². The molecule has 2 aliphatic rings. The molecule has 1 fully saturated rings. The van der Waals surface area contributed by atoms with Gasteiger partial charge in [-0.25, -0.2) is 9.24 Å². The Morgan fingerprint density at radius 2 is 1.70 bits per heavy atom. The van der Waals surface area contributed by atoms with Crippen molar-refractivity contribution in [3.8, 4) is 0 Å². The quantitative estimate of drug-likeness (QED) is 0.282. The fourth-order valence-electron chi connectivity index (χ4n) is 5.40. The number of carbonyl (C=O) groups is 1. The Bertz CT molecular complexity index is 1570. The number of nitrogens with one attached hydrogen (secondary N) is 1. The normalized spacial score (nSPS) is 15.1. The molecule has 4 aromatic carbocycles. The third kappa shape index (κ3) is 4.37. The van der Waals surface area contributed by atoms with E-state index in [0.717, 1.165) is 61.2 Å². The first-order chi connectivity index (χ1) is 18.0. The molecule has 1 saturated heterocycles. The van der Waals surface area contributed by atoms with Crippen molar-refractivity contribution < 1.29 is 9.18 Å². The number of carbonyl (C=O) groups excluding carboxylic acids is 1. The average molecular weight is 492 g/mol. The van der Waals surface area contributed by atoms with Crippen LogP contribution in [0.4, 0.5) is 27.1 Å². The molecule has 1 amide bonds. The maximum absolute atomic E-state index is 14.4. The topological polar surface area (TPSA) is 66.0 Å². The summed E-state index contributed by atoms with van der Waals surface area (Å²) < 4.78 is 14.4. The molecule has 0 aliphatic carbocycles. The second-order valence-electron chi connectivity index (χ2n) is 9.72. The molecule has 0 aromatic heterocycles. The number of halogens is 1. The molecular weight excluding hydrogens is 465 g/mol. The molecule has 184 valence electrons. The first-order valence-electron chi connectivity index (χ1n) is 12.4. The lowest BCUT2D eigenvalue weighted by atomic mass is 9.95. The molecule has 4 aromatic rings. The summed E-state index contributed by atoms with van der Waals surface area (Å²) in [5.41, 5.74) is 12.7. The molecule has 0 saturated carbocycles. The van der Waals surface area contributed by atoms with Gasteiger partial charge in [0, 0.05) is 49.5 Å². The van der Waals surface area contributed by atoms with Crippen LogP contribution in [0.1, 0.15) is 27.0 Å². The summed E-state index contributed by atoms with van der Waals surface area (Å²) in [6.07, 6.45) is 0.755. The first kappa shape index (κ1) is 23.0. The number of piperazine rings is 1. The van der Waals surface area contributed by atoms with E-state index in [1.165, 1.54) is 17.2 Å². The van der Waals surface area contributed by atoms with Gasteiger partial charge in [0.15, 0.2) is 5.69 Å². The third-order valence-corrected chi connectivity index (χ3v) is 7.32. The minimum atomic E-state index is -0.330. The van der Waals surface area contributed by atoms with Crippen LogP contribution in [0.15, 0.2) is 66.7 Å². The zero-order valence-electron chi connectivity index (χ0n) is 20.3. The van der Waals surface area contributed by atoms with Crippen molar-refractivity contribution in [1.29, 1.82) is 0 Å². The lowest BCUT2D eigenvalue weighted by Crippen LogP contribution is -2.46. The molecule has 7 heteroatoms. The summed E-state index contributed by atoms with van der Waals surface area (Å²) in [6.45, 7) is 11.1. The number of nitrogens with two attached hydrogens (primary N) is 1. The number of hydrogen-bond acceptors (Lipinski definition) is 4. The van der Waals surface area contributed by atoms with Gasteiger partial charge in [0.1, 0.15) is 5.82 Å². The minimum Gasteiger partial charge on any atom is -0.399 e. The highest BCUT2D eigenvalue weighted by atomic mass is 19.1. The molecule has 0 bridgehead atoms. The Morgan fingerprint density at radius 3 is 2.43 bits per heavy atom. The molecule has 6 nitrogen and oxygen atoms in total. The molecule has 0 radical (unpaired) electrons. The summed E-state index contributed by atoms with van der Waals surface area (Å²) in [6, 6.07) is 21.1. The molecule has 0 spiro atoms. The smallest absolute Gasteiger partial charge is 0.256 e. The van der Waals surface area contributed by atoms with Gasteiger partial charge in [-0.05, 0) is 58.8 Å². The van der Waals surface area contributed by atoms with E-state index in [9.17, 15) is 9.18 Å². The Kier molecular flexibility index (Phi) is 5.74. The maximum atomic E-state index is 14.4. The van der Waals surface area contributed by atoms with Gasteiger partial charge < -0.3 is 16.0 Å². The van der Waals surface area contributed by atoms with Gasteiger partial charge in [-0.15, -0.1) is 0 Å². The average Bonchev–Trinajstić information content (AvgIpc) is 3.23. The number of hydrogen-bond donors (Lipinski definition) is 2. The van der Waals surface area contributed by atoms with E-state index in [4.69, 9.17) is 12.3 Å². The van der Waals surface area contributed by atoms with E-state index in [1.54, 1.807) is 18.2 Å². The third-order valence-electron chi connectivity index (χ3n) is 7.32. The fourth-order valence-corrected chi connectivity index (χ4v) is 5.40. The molecule has 2 aliphatic heterocycles. The van der Waals surface area contributed by atoms with Crippen LogP contribution in [0.5, 0.6) is 0 Å². The van der Waals surface area contributed by atoms with Crippen molar-refractivity contribution >= 4 is 39.4 Å². The highest BCUT2D eigenvalue weighted by molar-refractivity contribution is 6.25. The SMILES string of the molecule is [C-]#[N+]c1ccc(N2CCN(Cc3ccc(Cc4ccc5c6c(cc(N)cc46)C(=O)N5)cc3)CC2)c(F)c1. The molecule has 2 heterocycles. The lowest BCUT2D eigenvalue weighted by Gasteiger charge is -2.36. The second kappa shape index (κ2) is 9.23. The summed E-state index contributed by atoms with van der Waals surface area (Å²) >= 11 is 0. The highest BCUT2D eigenvalue weighted by Gasteiger charge is 2.23. The van der Waals surface area contributed by atoms with Crippen LogP contribution < -0.4 is 16.0 Å². The number of benzene rings is 4. The number of nitrogen functional groups attached to an aromatic ring is 1. The van der Waals surface area contributed by atoms with Crippen molar-refractivity contribution in [2.75, 3.05) is 42.1 Å². The monoisotopic (exact) mass is 491 g/mol. The summed E-state index contributed by atoms with van der Waals surface area (Å²) in [5, 5.41) is 4.90. The zero-order valence-corrected chi connectivity index (χ0v) is 20.3. The van der Waals surface area contributed by atoms with E-state index in [1.807, 2.05) is 12.1 Å².